The van der Waals surface area contributed by atoms with Crippen molar-refractivity contribution in [3.8, 4) is 0 Å². The molecule has 0 aromatic heterocycles. The number of halogens is 1. The predicted octanol–water partition coefficient (Wildman–Crippen LogP) is 2.09. The molecular formula is C37H30ClO5P2Rh-. The maximum atomic E-state index is 8.49. The largest absolute Gasteiger partial charge is 0.222 e. The number of benzene rings is 6. The van der Waals surface area contributed by atoms with Gasteiger partial charge in [-0.1, -0.05) is 182 Å². The van der Waals surface area contributed by atoms with Crippen LogP contribution in [-0.2, 0) is 24.1 Å². The van der Waals surface area contributed by atoms with E-state index >= 15 is 0 Å². The molecule has 235 valence electrons. The Bertz CT molecular complexity index is 1330. The summed E-state index contributed by atoms with van der Waals surface area (Å²) in [5, 5.41) is 8.39. The van der Waals surface area contributed by atoms with Gasteiger partial charge in [-0.3, -0.25) is 0 Å². The van der Waals surface area contributed by atoms with Crippen molar-refractivity contribution in [1.29, 1.82) is 0 Å². The molecule has 5 nitrogen and oxygen atoms in total. The summed E-state index contributed by atoms with van der Waals surface area (Å²) < 4.78 is 41.5. The molecule has 9 heteroatoms. The van der Waals surface area contributed by atoms with Crippen LogP contribution in [0.3, 0.4) is 0 Å². The van der Waals surface area contributed by atoms with Crippen molar-refractivity contribution in [3.05, 3.63) is 189 Å². The molecule has 0 fully saturated rings. The molecule has 0 heterocycles. The number of hydrogen-bond acceptors (Lipinski definition) is 4. The summed E-state index contributed by atoms with van der Waals surface area (Å²) in [6, 6.07) is 64.7. The molecule has 6 rings (SSSR count). The van der Waals surface area contributed by atoms with Crippen LogP contribution in [0.5, 0.6) is 0 Å². The zero-order chi connectivity index (χ0) is 32.3. The van der Waals surface area contributed by atoms with Crippen molar-refractivity contribution in [1.82, 2.24) is 0 Å². The van der Waals surface area contributed by atoms with Crippen LogP contribution in [0.15, 0.2) is 182 Å². The van der Waals surface area contributed by atoms with Gasteiger partial charge in [-0.15, -0.1) is 10.2 Å². The summed E-state index contributed by atoms with van der Waals surface area (Å²) in [5.74, 6) is 0. The summed E-state index contributed by atoms with van der Waals surface area (Å²) in [6.07, 6.45) is 0. The van der Waals surface area contributed by atoms with Crippen LogP contribution in [0, 0.1) is 16.9 Å². The second-order valence-electron chi connectivity index (χ2n) is 9.06. The minimum Gasteiger partial charge on any atom is -0.222 e. The van der Waals surface area contributed by atoms with Crippen LogP contribution in [0.2, 0.25) is 0 Å². The summed E-state index contributed by atoms with van der Waals surface area (Å²) in [5.41, 5.74) is 0. The fourth-order valence-electron chi connectivity index (χ4n) is 4.36. The number of rotatable bonds is 6. The topological polar surface area (TPSA) is 112 Å². The molecule has 0 aliphatic rings. The van der Waals surface area contributed by atoms with E-state index in [1.807, 2.05) is 0 Å². The molecule has 0 amide bonds. The third-order valence-corrected chi connectivity index (χ3v) is 11.0. The molecule has 0 N–H and O–H groups in total. The van der Waals surface area contributed by atoms with Crippen LogP contribution in [0.25, 0.3) is 0 Å². The van der Waals surface area contributed by atoms with Gasteiger partial charge in [0.2, 0.25) is 0 Å². The van der Waals surface area contributed by atoms with Gasteiger partial charge >= 0.3 is 11.3 Å². The second kappa shape index (κ2) is 21.5. The van der Waals surface area contributed by atoms with Gasteiger partial charge in [0.25, 0.3) is 0 Å². The summed E-state index contributed by atoms with van der Waals surface area (Å²) in [6.45, 7) is 4.50. The van der Waals surface area contributed by atoms with Crippen LogP contribution < -0.4 is 50.5 Å². The monoisotopic (exact) mass is 754 g/mol. The summed E-state index contributed by atoms with van der Waals surface area (Å²) >= 11 is 0. The first-order valence-corrected chi connectivity index (χ1v) is 17.5. The molecule has 0 aliphatic heterocycles. The Kier molecular flexibility index (Phi) is 18.1. The Morgan fingerprint density at radius 1 is 0.326 bits per heavy atom. The summed E-state index contributed by atoms with van der Waals surface area (Å²) in [7, 11) is -5.84. The second-order valence-corrected chi connectivity index (χ2v) is 14.3. The average molecular weight is 755 g/mol. The minimum absolute atomic E-state index is 0. The minimum atomic E-state index is -4.94. The van der Waals surface area contributed by atoms with Gasteiger partial charge in [0.05, 0.1) is 0 Å². The molecule has 1 radical (unpaired) electrons. The fraction of sp³-hybridized carbons (Fsp3) is 0. The Hall–Kier alpha value is -3.33. The van der Waals surface area contributed by atoms with E-state index in [4.69, 9.17) is 23.3 Å². The van der Waals surface area contributed by atoms with Crippen molar-refractivity contribution in [2.24, 2.45) is 0 Å². The van der Waals surface area contributed by atoms with Crippen LogP contribution in [0.1, 0.15) is 0 Å². The molecule has 0 bridgehead atoms. The van der Waals surface area contributed by atoms with E-state index in [1.165, 1.54) is 31.8 Å². The van der Waals surface area contributed by atoms with Gasteiger partial charge in [0.15, 0.2) is 0 Å². The molecule has 0 spiro atoms. The SMILES string of the molecule is [C-]#[O+].[O-][Cl+3]([O-])([O-])[O-].[Rh].c1ccc(P(c2ccccc2)c2ccccc2)cc1.c1ccc(P(c2ccccc2)c2ccccc2)cc1. The first-order chi connectivity index (χ1) is 21.9. The smallest absolute Gasteiger partial charge is 0 e. The zero-order valence-corrected chi connectivity index (χ0v) is 28.7. The van der Waals surface area contributed by atoms with Gasteiger partial charge in [-0.2, -0.15) is 0 Å². The molecule has 0 saturated heterocycles. The molecule has 0 atom stereocenters. The normalized spacial score (nSPS) is 10.1. The number of hydrogen-bond donors (Lipinski definition) is 0. The quantitative estimate of drug-likeness (QED) is 0.112. The van der Waals surface area contributed by atoms with Crippen molar-refractivity contribution in [3.63, 3.8) is 0 Å². The molecule has 46 heavy (non-hydrogen) atoms. The van der Waals surface area contributed by atoms with Gasteiger partial charge in [-0.25, -0.2) is 18.6 Å². The van der Waals surface area contributed by atoms with E-state index < -0.39 is 26.1 Å². The van der Waals surface area contributed by atoms with Crippen molar-refractivity contribution < 1.29 is 53.0 Å². The van der Waals surface area contributed by atoms with Gasteiger partial charge < -0.3 is 0 Å². The molecule has 6 aromatic carbocycles. The van der Waals surface area contributed by atoms with Crippen LogP contribution in [-0.4, -0.2) is 0 Å². The standard InChI is InChI=1S/2C18H15P.CO.ClHO4.Rh/c2*1-4-10-16(11-5-1)19(17-12-6-2-7-13-17)18-14-8-3-9-15-18;1-2;2-1(3,4)5;/h2*1-15H;;(H,2,3,4,5);/p-1. The molecule has 6 aromatic rings. The van der Waals surface area contributed by atoms with Gasteiger partial charge in [-0.05, 0) is 47.7 Å². The Balaban J connectivity index is 0.000000263. The predicted molar refractivity (Wildman–Crippen MR) is 174 cm³/mol. The first-order valence-electron chi connectivity index (χ1n) is 13.6. The Labute approximate surface area is 288 Å². The maximum absolute atomic E-state index is 8.49. The van der Waals surface area contributed by atoms with E-state index in [1.54, 1.807) is 0 Å². The Morgan fingerprint density at radius 2 is 0.435 bits per heavy atom. The van der Waals surface area contributed by atoms with E-state index in [0.29, 0.717) is 0 Å². The van der Waals surface area contributed by atoms with Gasteiger partial charge in [0.1, 0.15) is 0 Å². The van der Waals surface area contributed by atoms with Crippen LogP contribution >= 0.6 is 15.8 Å². The molecule has 0 saturated carbocycles. The fourth-order valence-corrected chi connectivity index (χ4v) is 8.97. The first kappa shape index (κ1) is 38.9. The van der Waals surface area contributed by atoms with Crippen molar-refractivity contribution in [2.45, 2.75) is 0 Å². The maximum Gasteiger partial charge on any atom is 0 e. The zero-order valence-electron chi connectivity index (χ0n) is 24.5. The van der Waals surface area contributed by atoms with E-state index in [-0.39, 0.29) is 19.5 Å². The third kappa shape index (κ3) is 13.6. The molecule has 0 aliphatic carbocycles. The van der Waals surface area contributed by atoms with E-state index in [0.717, 1.165) is 0 Å². The van der Waals surface area contributed by atoms with Crippen molar-refractivity contribution >= 4 is 47.7 Å². The van der Waals surface area contributed by atoms with E-state index in [9.17, 15) is 0 Å². The third-order valence-electron chi connectivity index (χ3n) is 6.09. The van der Waals surface area contributed by atoms with Crippen molar-refractivity contribution in [2.75, 3.05) is 0 Å². The summed E-state index contributed by atoms with van der Waals surface area (Å²) in [4.78, 5) is 0. The molecular weight excluding hydrogens is 725 g/mol. The average Bonchev–Trinajstić information content (AvgIpc) is 3.09. The Morgan fingerprint density at radius 3 is 0.543 bits per heavy atom. The molecule has 0 unspecified atom stereocenters. The van der Waals surface area contributed by atoms with Gasteiger partial charge in [0, 0.05) is 19.5 Å². The van der Waals surface area contributed by atoms with Crippen LogP contribution in [0.4, 0.5) is 0 Å². The van der Waals surface area contributed by atoms with E-state index in [2.05, 4.69) is 189 Å².